The Bertz CT molecular complexity index is 791. The van der Waals surface area contributed by atoms with Crippen LogP contribution in [0.15, 0.2) is 35.4 Å². The second kappa shape index (κ2) is 6.91. The predicted octanol–water partition coefficient (Wildman–Crippen LogP) is 2.33. The van der Waals surface area contributed by atoms with Gasteiger partial charge in [0.25, 0.3) is 10.0 Å². The van der Waals surface area contributed by atoms with Crippen LogP contribution < -0.4 is 4.72 Å². The van der Waals surface area contributed by atoms with Crippen LogP contribution in [0.4, 0.5) is 5.13 Å². The molecule has 0 amide bonds. The van der Waals surface area contributed by atoms with Crippen molar-refractivity contribution in [2.45, 2.75) is 11.3 Å². The maximum Gasteiger partial charge on any atom is 0.265 e. The zero-order valence-electron chi connectivity index (χ0n) is 10.7. The number of aromatic nitrogens is 1. The van der Waals surface area contributed by atoms with Crippen LogP contribution in [0.5, 0.6) is 0 Å². The molecule has 0 aliphatic carbocycles. The van der Waals surface area contributed by atoms with Crippen molar-refractivity contribution in [3.05, 3.63) is 40.4 Å². The summed E-state index contributed by atoms with van der Waals surface area (Å²) in [6.45, 7) is -0.0161. The monoisotopic (exact) mass is 342 g/mol. The molecular weight excluding hydrogens is 332 g/mol. The van der Waals surface area contributed by atoms with Crippen LogP contribution in [-0.4, -0.2) is 25.1 Å². The molecule has 0 unspecified atom stereocenters. The van der Waals surface area contributed by atoms with Crippen LogP contribution in [-0.2, 0) is 10.0 Å². The van der Waals surface area contributed by atoms with E-state index in [1.165, 1.54) is 18.3 Å². The Labute approximate surface area is 131 Å². The average molecular weight is 343 g/mol. The van der Waals surface area contributed by atoms with Crippen molar-refractivity contribution in [2.24, 2.45) is 0 Å². The van der Waals surface area contributed by atoms with E-state index >= 15 is 0 Å². The van der Waals surface area contributed by atoms with Gasteiger partial charge in [0.15, 0.2) is 5.13 Å². The lowest BCUT2D eigenvalue weighted by molar-refractivity contribution is 0.305. The lowest BCUT2D eigenvalue weighted by atomic mass is 10.4. The lowest BCUT2D eigenvalue weighted by Gasteiger charge is -2.06. The van der Waals surface area contributed by atoms with Gasteiger partial charge in [-0.05, 0) is 12.1 Å². The Kier molecular flexibility index (Phi) is 5.20. The first kappa shape index (κ1) is 15.8. The van der Waals surface area contributed by atoms with E-state index < -0.39 is 10.0 Å². The summed E-state index contributed by atoms with van der Waals surface area (Å²) >= 11 is 6.99. The van der Waals surface area contributed by atoms with Crippen molar-refractivity contribution in [1.82, 2.24) is 4.98 Å². The van der Waals surface area contributed by atoms with Gasteiger partial charge in [0, 0.05) is 6.42 Å². The fraction of sp³-hybridized carbons (Fsp3) is 0.154. The molecule has 1 heterocycles. The summed E-state index contributed by atoms with van der Waals surface area (Å²) in [6.07, 6.45) is 1.83. The Balaban J connectivity index is 2.19. The molecule has 2 rings (SSSR count). The minimum atomic E-state index is -3.78. The van der Waals surface area contributed by atoms with Gasteiger partial charge < -0.3 is 5.11 Å². The lowest BCUT2D eigenvalue weighted by Crippen LogP contribution is -2.13. The molecule has 110 valence electrons. The SMILES string of the molecule is O=S(=O)(Nc1ncc(C#CCCO)s1)c1ccccc1Cl. The van der Waals surface area contributed by atoms with Crippen LogP contribution in [0.1, 0.15) is 11.3 Å². The number of nitrogens with zero attached hydrogens (tertiary/aromatic N) is 1. The van der Waals surface area contributed by atoms with E-state index in [-0.39, 0.29) is 21.7 Å². The van der Waals surface area contributed by atoms with Gasteiger partial charge in [-0.2, -0.15) is 0 Å². The fourth-order valence-electron chi connectivity index (χ4n) is 1.42. The highest BCUT2D eigenvalue weighted by Gasteiger charge is 2.18. The van der Waals surface area contributed by atoms with Crippen LogP contribution >= 0.6 is 22.9 Å². The molecule has 2 aromatic rings. The second-order valence-electron chi connectivity index (χ2n) is 3.84. The summed E-state index contributed by atoms with van der Waals surface area (Å²) < 4.78 is 26.8. The second-order valence-corrected chi connectivity index (χ2v) is 6.93. The zero-order valence-corrected chi connectivity index (χ0v) is 13.1. The molecule has 0 radical (unpaired) electrons. The molecule has 0 spiro atoms. The largest absolute Gasteiger partial charge is 0.395 e. The van der Waals surface area contributed by atoms with Crippen LogP contribution in [0.2, 0.25) is 5.02 Å². The van der Waals surface area contributed by atoms with Gasteiger partial charge in [-0.15, -0.1) is 0 Å². The molecular formula is C13H11ClN2O3S2. The van der Waals surface area contributed by atoms with Gasteiger partial charge in [0.1, 0.15) is 4.90 Å². The Hall–Kier alpha value is -1.59. The van der Waals surface area contributed by atoms with E-state index in [9.17, 15) is 8.42 Å². The standard InChI is InChI=1S/C13H11ClN2O3S2/c14-11-6-1-2-7-12(11)21(18,19)16-13-15-9-10(20-13)5-3-4-8-17/h1-2,6-7,9,17H,4,8H2,(H,15,16). The van der Waals surface area contributed by atoms with E-state index in [1.54, 1.807) is 12.1 Å². The number of benzene rings is 1. The molecule has 0 saturated carbocycles. The average Bonchev–Trinajstić information content (AvgIpc) is 2.86. The number of thiazole rings is 1. The number of rotatable bonds is 4. The summed E-state index contributed by atoms with van der Waals surface area (Å²) in [7, 11) is -3.78. The first-order valence-electron chi connectivity index (χ1n) is 5.86. The van der Waals surface area contributed by atoms with Gasteiger partial charge in [-0.3, -0.25) is 4.72 Å². The van der Waals surface area contributed by atoms with Crippen molar-refractivity contribution < 1.29 is 13.5 Å². The maximum absolute atomic E-state index is 12.2. The Morgan fingerprint density at radius 1 is 1.38 bits per heavy atom. The molecule has 0 fully saturated rings. The first-order chi connectivity index (χ1) is 10.0. The predicted molar refractivity (Wildman–Crippen MR) is 83.0 cm³/mol. The number of anilines is 1. The molecule has 1 aromatic heterocycles. The van der Waals surface area contributed by atoms with Gasteiger partial charge in [0.2, 0.25) is 0 Å². The molecule has 2 N–H and O–H groups in total. The molecule has 0 saturated heterocycles. The molecule has 0 atom stereocenters. The molecule has 1 aromatic carbocycles. The summed E-state index contributed by atoms with van der Waals surface area (Å²) in [5.74, 6) is 5.53. The maximum atomic E-state index is 12.2. The minimum absolute atomic E-state index is 0.00483. The quantitative estimate of drug-likeness (QED) is 0.836. The number of hydrogen-bond acceptors (Lipinski definition) is 5. The van der Waals surface area contributed by atoms with Gasteiger partial charge in [-0.1, -0.05) is 46.9 Å². The van der Waals surface area contributed by atoms with Crippen molar-refractivity contribution in [3.63, 3.8) is 0 Å². The van der Waals surface area contributed by atoms with Crippen molar-refractivity contribution in [3.8, 4) is 11.8 Å². The molecule has 8 heteroatoms. The zero-order chi connectivity index (χ0) is 15.3. The van der Waals surface area contributed by atoms with Crippen molar-refractivity contribution >= 4 is 38.1 Å². The molecule has 0 aliphatic rings. The van der Waals surface area contributed by atoms with E-state index in [0.717, 1.165) is 11.3 Å². The third-order valence-corrected chi connectivity index (χ3v) is 5.10. The number of hydrogen-bond donors (Lipinski definition) is 2. The molecule has 0 aliphatic heterocycles. The van der Waals surface area contributed by atoms with E-state index in [4.69, 9.17) is 16.7 Å². The smallest absolute Gasteiger partial charge is 0.265 e. The van der Waals surface area contributed by atoms with Gasteiger partial charge >= 0.3 is 0 Å². The number of nitrogens with one attached hydrogen (secondary N) is 1. The number of aliphatic hydroxyl groups excluding tert-OH is 1. The van der Waals surface area contributed by atoms with E-state index in [0.29, 0.717) is 11.3 Å². The van der Waals surface area contributed by atoms with Crippen LogP contribution in [0.3, 0.4) is 0 Å². The van der Waals surface area contributed by atoms with Crippen molar-refractivity contribution in [2.75, 3.05) is 11.3 Å². The van der Waals surface area contributed by atoms with Crippen LogP contribution in [0.25, 0.3) is 0 Å². The Morgan fingerprint density at radius 2 is 2.14 bits per heavy atom. The first-order valence-corrected chi connectivity index (χ1v) is 8.53. The Morgan fingerprint density at radius 3 is 2.86 bits per heavy atom. The van der Waals surface area contributed by atoms with Gasteiger partial charge in [-0.25, -0.2) is 13.4 Å². The number of sulfonamides is 1. The highest BCUT2D eigenvalue weighted by atomic mass is 35.5. The minimum Gasteiger partial charge on any atom is -0.395 e. The topological polar surface area (TPSA) is 79.3 Å². The van der Waals surface area contributed by atoms with Crippen LogP contribution in [0, 0.1) is 11.8 Å². The summed E-state index contributed by atoms with van der Waals surface area (Å²) in [5, 5.41) is 8.99. The highest BCUT2D eigenvalue weighted by Crippen LogP contribution is 2.25. The third-order valence-electron chi connectivity index (χ3n) is 2.30. The highest BCUT2D eigenvalue weighted by molar-refractivity contribution is 7.93. The summed E-state index contributed by atoms with van der Waals surface area (Å²) in [4.78, 5) is 4.56. The van der Waals surface area contributed by atoms with Gasteiger partial charge in [0.05, 0.1) is 22.7 Å². The fourth-order valence-corrected chi connectivity index (χ4v) is 3.87. The normalized spacial score (nSPS) is 10.8. The summed E-state index contributed by atoms with van der Waals surface area (Å²) in [5.41, 5.74) is 0. The van der Waals surface area contributed by atoms with E-state index in [2.05, 4.69) is 21.5 Å². The van der Waals surface area contributed by atoms with E-state index in [1.807, 2.05) is 0 Å². The third kappa shape index (κ3) is 4.19. The molecule has 21 heavy (non-hydrogen) atoms. The van der Waals surface area contributed by atoms with Crippen molar-refractivity contribution in [1.29, 1.82) is 0 Å². The summed E-state index contributed by atoms with van der Waals surface area (Å²) in [6, 6.07) is 6.16. The number of aliphatic hydroxyl groups is 1. The molecule has 5 nitrogen and oxygen atoms in total. The number of halogens is 1. The molecule has 0 bridgehead atoms.